The molecule has 2 aromatic carbocycles. The molecule has 4 amide bonds. The molecule has 0 spiro atoms. The highest BCUT2D eigenvalue weighted by Gasteiger charge is 2.63. The van der Waals surface area contributed by atoms with Gasteiger partial charge in [0.1, 0.15) is 34.4 Å². The van der Waals surface area contributed by atoms with Gasteiger partial charge >= 0.3 is 0 Å². The van der Waals surface area contributed by atoms with Gasteiger partial charge in [0.25, 0.3) is 11.8 Å². The lowest BCUT2D eigenvalue weighted by Gasteiger charge is -2.30. The van der Waals surface area contributed by atoms with E-state index >= 15 is 4.39 Å². The molecule has 2 aliphatic carbocycles. The average molecular weight is 789 g/mol. The third-order valence-corrected chi connectivity index (χ3v) is 14.3. The minimum atomic E-state index is -4.02. The van der Waals surface area contributed by atoms with Gasteiger partial charge in [-0.05, 0) is 80.6 Å². The van der Waals surface area contributed by atoms with Crippen LogP contribution < -0.4 is 20.1 Å². The zero-order valence-electron chi connectivity index (χ0n) is 30.1. The first-order valence-electron chi connectivity index (χ1n) is 18.6. The van der Waals surface area contributed by atoms with Crippen LogP contribution in [0.2, 0.25) is 0 Å². The monoisotopic (exact) mass is 788 g/mol. The highest BCUT2D eigenvalue weighted by atomic mass is 32.2. The number of allylic oxidation sites excluding steroid dienone is 1. The number of nitrogens with one attached hydrogen (secondary N) is 3. The summed E-state index contributed by atoms with van der Waals surface area (Å²) in [5.41, 5.74) is -0.988. The Balaban J connectivity index is 1.14. The standard InChI is InChI=1S/C39H41FN6O7S2/c1-38(17-18-38)55(51,52)45-37(50)39-21-23(39)10-5-3-2-4-6-15-29(42-34(48)31-16-19-41-54-31)36(49)46-22-24(20-30(46)33(47)44-39)53-35-32-26(12-9-13-27(32)40)25-11-7-8-14-28(25)43-35/h5,7-14,16,19,23-24,29-30H,2-4,6,15,17-18,20-22H2,1H3,(H,42,48)(H,44,47)(H,45,50)/b10-5-/t23-,24-,29+,30+,39-/m1/s1. The molecule has 16 heteroatoms. The minimum absolute atomic E-state index is 0.00414. The van der Waals surface area contributed by atoms with Crippen molar-refractivity contribution < 1.29 is 36.7 Å². The zero-order chi connectivity index (χ0) is 38.5. The maximum atomic E-state index is 15.5. The van der Waals surface area contributed by atoms with Gasteiger partial charge in [-0.15, -0.1) is 0 Å². The van der Waals surface area contributed by atoms with E-state index in [2.05, 4.69) is 24.7 Å². The quantitative estimate of drug-likeness (QED) is 0.180. The normalized spacial score (nSPS) is 27.2. The molecule has 2 aromatic heterocycles. The first-order chi connectivity index (χ1) is 26.4. The molecule has 4 aliphatic rings. The van der Waals surface area contributed by atoms with Crippen molar-refractivity contribution in [2.75, 3.05) is 6.54 Å². The lowest BCUT2D eigenvalue weighted by atomic mass is 10.0. The fourth-order valence-corrected chi connectivity index (χ4v) is 9.49. The van der Waals surface area contributed by atoms with E-state index in [9.17, 15) is 27.6 Å². The van der Waals surface area contributed by atoms with Crippen molar-refractivity contribution in [2.24, 2.45) is 5.92 Å². The zero-order valence-corrected chi connectivity index (χ0v) is 31.8. The van der Waals surface area contributed by atoms with Crippen LogP contribution >= 0.6 is 11.5 Å². The van der Waals surface area contributed by atoms with E-state index < -0.39 is 73.9 Å². The van der Waals surface area contributed by atoms with Crippen molar-refractivity contribution in [1.29, 1.82) is 0 Å². The lowest BCUT2D eigenvalue weighted by Crippen LogP contribution is -2.58. The maximum absolute atomic E-state index is 15.5. The Morgan fingerprint density at radius 2 is 1.85 bits per heavy atom. The predicted molar refractivity (Wildman–Crippen MR) is 203 cm³/mol. The number of carbonyl (C=O) groups is 4. The van der Waals surface area contributed by atoms with Crippen LogP contribution in [0.1, 0.15) is 74.4 Å². The molecular weight excluding hydrogens is 748 g/mol. The summed E-state index contributed by atoms with van der Waals surface area (Å²) in [6, 6.07) is 11.3. The number of nitrogens with zero attached hydrogens (tertiary/aromatic N) is 3. The molecular formula is C39H41FN6O7S2. The number of sulfonamides is 1. The van der Waals surface area contributed by atoms with Crippen molar-refractivity contribution in [3.05, 3.63) is 77.6 Å². The Hall–Kier alpha value is -4.96. The van der Waals surface area contributed by atoms with Crippen molar-refractivity contribution in [3.63, 3.8) is 0 Å². The number of amides is 4. The molecule has 1 saturated heterocycles. The third kappa shape index (κ3) is 7.05. The van der Waals surface area contributed by atoms with Crippen LogP contribution in [0.3, 0.4) is 0 Å². The number of ether oxygens (including phenoxy) is 1. The van der Waals surface area contributed by atoms with Gasteiger partial charge in [-0.25, -0.2) is 22.2 Å². The summed E-state index contributed by atoms with van der Waals surface area (Å²) < 4.78 is 53.4. The molecule has 0 radical (unpaired) electrons. The van der Waals surface area contributed by atoms with E-state index in [-0.39, 0.29) is 30.7 Å². The van der Waals surface area contributed by atoms with Crippen molar-refractivity contribution in [2.45, 2.75) is 93.2 Å². The number of para-hydroxylation sites is 1. The molecule has 13 nitrogen and oxygen atoms in total. The smallest absolute Gasteiger partial charge is 0.263 e. The van der Waals surface area contributed by atoms with Gasteiger partial charge < -0.3 is 20.3 Å². The SMILES string of the molecule is CC1(S(=O)(=O)NC(=O)[C@@]23C[C@H]2/C=C\CCCCC[C@H](NC(=O)c2ccns2)C(=O)N2C[C@H](Oc4nc5ccccc5c5cccc(F)c45)C[C@H]2C(=O)N3)CC1. The van der Waals surface area contributed by atoms with Crippen molar-refractivity contribution in [1.82, 2.24) is 29.6 Å². The third-order valence-electron chi connectivity index (χ3n) is 11.4. The van der Waals surface area contributed by atoms with Gasteiger partial charge in [-0.1, -0.05) is 55.3 Å². The first-order valence-corrected chi connectivity index (χ1v) is 20.9. The van der Waals surface area contributed by atoms with E-state index in [1.807, 2.05) is 30.4 Å². The van der Waals surface area contributed by atoms with E-state index in [1.54, 1.807) is 31.2 Å². The maximum Gasteiger partial charge on any atom is 0.263 e. The van der Waals surface area contributed by atoms with Crippen LogP contribution in [0.5, 0.6) is 5.88 Å². The van der Waals surface area contributed by atoms with Crippen molar-refractivity contribution >= 4 is 66.9 Å². The summed E-state index contributed by atoms with van der Waals surface area (Å²) in [7, 11) is -4.02. The molecule has 2 saturated carbocycles. The van der Waals surface area contributed by atoms with Crippen LogP contribution in [-0.4, -0.2) is 81.3 Å². The summed E-state index contributed by atoms with van der Waals surface area (Å²) in [4.78, 5) is 62.5. The Morgan fingerprint density at radius 1 is 1.05 bits per heavy atom. The number of halogens is 1. The molecule has 0 bridgehead atoms. The fraction of sp³-hybridized carbons (Fsp3) is 0.436. The molecule has 8 rings (SSSR count). The number of benzene rings is 2. The average Bonchev–Trinajstić information content (AvgIpc) is 3.91. The number of pyridine rings is 1. The van der Waals surface area contributed by atoms with Gasteiger partial charge in [0, 0.05) is 23.9 Å². The molecule has 2 aliphatic heterocycles. The van der Waals surface area contributed by atoms with Gasteiger partial charge in [0.05, 0.1) is 22.2 Å². The van der Waals surface area contributed by atoms with Gasteiger partial charge in [-0.2, -0.15) is 0 Å². The predicted octanol–water partition coefficient (Wildman–Crippen LogP) is 4.52. The topological polar surface area (TPSA) is 177 Å². The van der Waals surface area contributed by atoms with Gasteiger partial charge in [0.2, 0.25) is 27.7 Å². The highest BCUT2D eigenvalue weighted by Crippen LogP contribution is 2.47. The van der Waals surface area contributed by atoms with Crippen LogP contribution in [0.4, 0.5) is 4.39 Å². The molecule has 4 heterocycles. The molecule has 5 atom stereocenters. The van der Waals surface area contributed by atoms with E-state index in [1.165, 1.54) is 17.2 Å². The first kappa shape index (κ1) is 37.0. The molecule has 0 unspecified atom stereocenters. The second-order valence-corrected chi connectivity index (χ2v) is 18.2. The van der Waals surface area contributed by atoms with E-state index in [4.69, 9.17) is 4.74 Å². The minimum Gasteiger partial charge on any atom is -0.472 e. The highest BCUT2D eigenvalue weighted by molar-refractivity contribution is 7.91. The number of carbonyl (C=O) groups excluding carboxylic acids is 4. The van der Waals surface area contributed by atoms with Crippen molar-refractivity contribution in [3.8, 4) is 5.88 Å². The van der Waals surface area contributed by atoms with Crippen LogP contribution in [0.25, 0.3) is 21.7 Å². The number of hydrogen-bond donors (Lipinski definition) is 3. The molecule has 4 aromatic rings. The number of aromatic nitrogens is 2. The summed E-state index contributed by atoms with van der Waals surface area (Å²) in [6.45, 7) is 1.47. The Kier molecular flexibility index (Phi) is 9.60. The Morgan fingerprint density at radius 3 is 2.64 bits per heavy atom. The second-order valence-electron chi connectivity index (χ2n) is 15.2. The summed E-state index contributed by atoms with van der Waals surface area (Å²) >= 11 is 0.994. The molecule has 55 heavy (non-hydrogen) atoms. The molecule has 3 fully saturated rings. The number of hydrogen-bond acceptors (Lipinski definition) is 10. The largest absolute Gasteiger partial charge is 0.472 e. The molecule has 288 valence electrons. The summed E-state index contributed by atoms with van der Waals surface area (Å²) in [5.74, 6) is -3.50. The van der Waals surface area contributed by atoms with E-state index in [0.717, 1.165) is 29.8 Å². The van der Waals surface area contributed by atoms with Gasteiger partial charge in [0.15, 0.2) is 0 Å². The lowest BCUT2D eigenvalue weighted by molar-refractivity contribution is -0.141. The number of rotatable bonds is 7. The van der Waals surface area contributed by atoms with E-state index in [0.29, 0.717) is 47.9 Å². The Bertz CT molecular complexity index is 2330. The second kappa shape index (κ2) is 14.3. The summed E-state index contributed by atoms with van der Waals surface area (Å²) in [6.07, 6.45) is 8.50. The van der Waals surface area contributed by atoms with Gasteiger partial charge in [-0.3, -0.25) is 23.9 Å². The fourth-order valence-electron chi connectivity index (χ4n) is 7.68. The van der Waals surface area contributed by atoms with Crippen LogP contribution in [-0.2, 0) is 24.4 Å². The Labute approximate surface area is 321 Å². The van der Waals surface area contributed by atoms with Crippen LogP contribution in [0.15, 0.2) is 66.9 Å². The van der Waals surface area contributed by atoms with Crippen LogP contribution in [0, 0.1) is 11.7 Å². The summed E-state index contributed by atoms with van der Waals surface area (Å²) in [5, 5.41) is 7.19. The molecule has 3 N–H and O–H groups in total. The number of fused-ring (bicyclic) bond motifs is 5.